The molecule has 4 nitrogen and oxygen atoms in total. The summed E-state index contributed by atoms with van der Waals surface area (Å²) in [4.78, 5) is 16.2. The third-order valence-corrected chi connectivity index (χ3v) is 3.67. The van der Waals surface area contributed by atoms with Gasteiger partial charge in [0.2, 0.25) is 0 Å². The van der Waals surface area contributed by atoms with E-state index >= 15 is 0 Å². The van der Waals surface area contributed by atoms with Gasteiger partial charge in [-0.1, -0.05) is 13.8 Å². The Balaban J connectivity index is 2.44. The molecule has 1 rings (SSSR count). The summed E-state index contributed by atoms with van der Waals surface area (Å²) in [5, 5.41) is 8.94. The topological polar surface area (TPSA) is 43.8 Å². The fraction of sp³-hybridized carbons (Fsp3) is 0.923. The lowest BCUT2D eigenvalue weighted by Crippen LogP contribution is -2.40. The molecule has 1 heterocycles. The molecule has 1 aliphatic rings. The van der Waals surface area contributed by atoms with Gasteiger partial charge in [-0.2, -0.15) is 0 Å². The van der Waals surface area contributed by atoms with Gasteiger partial charge in [0.25, 0.3) is 0 Å². The Morgan fingerprint density at radius 3 is 2.35 bits per heavy atom. The van der Waals surface area contributed by atoms with E-state index in [1.165, 1.54) is 0 Å². The van der Waals surface area contributed by atoms with Crippen LogP contribution in [0.2, 0.25) is 0 Å². The van der Waals surface area contributed by atoms with Crippen molar-refractivity contribution in [3.63, 3.8) is 0 Å². The number of Topliss-reactive ketones (excluding diaryl/α,β-unsaturated/α-hetero) is 1. The number of β-amino-alcohol motifs (C(OH)–C–C–N with tert-alkyl or cyclic N) is 1. The fourth-order valence-corrected chi connectivity index (χ4v) is 2.22. The van der Waals surface area contributed by atoms with Crippen LogP contribution >= 0.6 is 0 Å². The monoisotopic (exact) mass is 242 g/mol. The van der Waals surface area contributed by atoms with Crippen molar-refractivity contribution in [2.75, 3.05) is 45.9 Å². The minimum absolute atomic E-state index is 0.235. The largest absolute Gasteiger partial charge is 0.395 e. The van der Waals surface area contributed by atoms with Gasteiger partial charge in [-0.15, -0.1) is 0 Å². The zero-order valence-corrected chi connectivity index (χ0v) is 11.4. The normalized spacial score (nSPS) is 20.2. The summed E-state index contributed by atoms with van der Waals surface area (Å²) in [6.45, 7) is 11.7. The molecule has 1 fully saturated rings. The number of carbonyl (C=O) groups excluding carboxylic acids is 1. The van der Waals surface area contributed by atoms with Gasteiger partial charge in [0.05, 0.1) is 6.61 Å². The van der Waals surface area contributed by atoms with Gasteiger partial charge in [0.1, 0.15) is 5.78 Å². The summed E-state index contributed by atoms with van der Waals surface area (Å²) in [7, 11) is 0. The zero-order chi connectivity index (χ0) is 12.9. The van der Waals surface area contributed by atoms with Crippen molar-refractivity contribution < 1.29 is 9.90 Å². The van der Waals surface area contributed by atoms with E-state index in [-0.39, 0.29) is 17.8 Å². The molecule has 0 spiro atoms. The molecule has 100 valence electrons. The predicted octanol–water partition coefficient (Wildman–Crippen LogP) is 0.602. The van der Waals surface area contributed by atoms with Gasteiger partial charge < -0.3 is 10.0 Å². The third-order valence-electron chi connectivity index (χ3n) is 3.67. The maximum absolute atomic E-state index is 11.5. The molecule has 0 unspecified atom stereocenters. The van der Waals surface area contributed by atoms with Crippen molar-refractivity contribution in [2.45, 2.75) is 27.2 Å². The van der Waals surface area contributed by atoms with Crippen LogP contribution in [0, 0.1) is 5.41 Å². The molecule has 0 bridgehead atoms. The maximum Gasteiger partial charge on any atom is 0.136 e. The van der Waals surface area contributed by atoms with E-state index in [4.69, 9.17) is 5.11 Å². The van der Waals surface area contributed by atoms with Crippen molar-refractivity contribution in [1.82, 2.24) is 9.80 Å². The van der Waals surface area contributed by atoms with Crippen LogP contribution in [-0.4, -0.2) is 66.6 Å². The van der Waals surface area contributed by atoms with E-state index in [1.807, 2.05) is 13.8 Å². The molecule has 0 saturated carbocycles. The van der Waals surface area contributed by atoms with Crippen LogP contribution in [0.1, 0.15) is 27.2 Å². The molecule has 0 aromatic heterocycles. The lowest BCUT2D eigenvalue weighted by molar-refractivity contribution is -0.125. The first-order chi connectivity index (χ1) is 7.95. The standard InChI is InChI=1S/C13H26N2O2/c1-12(17)13(2,3)11-15-6-4-5-14(7-8-15)9-10-16/h16H,4-11H2,1-3H3. The second-order valence-electron chi connectivity index (χ2n) is 5.64. The second kappa shape index (κ2) is 6.47. The zero-order valence-electron chi connectivity index (χ0n) is 11.4. The first-order valence-electron chi connectivity index (χ1n) is 6.52. The Labute approximate surface area is 105 Å². The smallest absolute Gasteiger partial charge is 0.136 e. The second-order valence-corrected chi connectivity index (χ2v) is 5.64. The van der Waals surface area contributed by atoms with E-state index in [0.29, 0.717) is 0 Å². The van der Waals surface area contributed by atoms with Crippen molar-refractivity contribution in [3.8, 4) is 0 Å². The molecule has 0 aliphatic carbocycles. The number of aliphatic hydroxyl groups excluding tert-OH is 1. The van der Waals surface area contributed by atoms with Crippen LogP contribution in [0.25, 0.3) is 0 Å². The number of hydrogen-bond donors (Lipinski definition) is 1. The Morgan fingerprint density at radius 2 is 1.76 bits per heavy atom. The Bertz CT molecular complexity index is 254. The highest BCUT2D eigenvalue weighted by atomic mass is 16.3. The van der Waals surface area contributed by atoms with Crippen LogP contribution in [0.15, 0.2) is 0 Å². The fourth-order valence-electron chi connectivity index (χ4n) is 2.22. The molecule has 1 aliphatic heterocycles. The number of rotatable bonds is 5. The van der Waals surface area contributed by atoms with Crippen LogP contribution in [0.4, 0.5) is 0 Å². The van der Waals surface area contributed by atoms with Gasteiger partial charge in [-0.25, -0.2) is 0 Å². The van der Waals surface area contributed by atoms with Crippen molar-refractivity contribution in [3.05, 3.63) is 0 Å². The summed E-state index contributed by atoms with van der Waals surface area (Å²) in [5.41, 5.74) is -0.244. The summed E-state index contributed by atoms with van der Waals surface area (Å²) in [6.07, 6.45) is 1.12. The summed E-state index contributed by atoms with van der Waals surface area (Å²) >= 11 is 0. The van der Waals surface area contributed by atoms with E-state index in [2.05, 4.69) is 9.80 Å². The SMILES string of the molecule is CC(=O)C(C)(C)CN1CCCN(CCO)CC1. The molecule has 17 heavy (non-hydrogen) atoms. The lowest BCUT2D eigenvalue weighted by Gasteiger charge is -2.30. The Kier molecular flexibility index (Phi) is 5.56. The highest BCUT2D eigenvalue weighted by Crippen LogP contribution is 2.19. The summed E-state index contributed by atoms with van der Waals surface area (Å²) < 4.78 is 0. The average molecular weight is 242 g/mol. The summed E-state index contributed by atoms with van der Waals surface area (Å²) in [6, 6.07) is 0. The molecule has 1 N–H and O–H groups in total. The van der Waals surface area contributed by atoms with Crippen LogP contribution < -0.4 is 0 Å². The minimum atomic E-state index is -0.244. The number of nitrogens with zero attached hydrogens (tertiary/aromatic N) is 2. The van der Waals surface area contributed by atoms with Gasteiger partial charge in [-0.05, 0) is 26.4 Å². The molecule has 1 saturated heterocycles. The number of ketones is 1. The van der Waals surface area contributed by atoms with E-state index in [9.17, 15) is 4.79 Å². The molecule has 0 amide bonds. The van der Waals surface area contributed by atoms with Gasteiger partial charge in [-0.3, -0.25) is 9.69 Å². The maximum atomic E-state index is 11.5. The van der Waals surface area contributed by atoms with Crippen LogP contribution in [0.5, 0.6) is 0 Å². The number of aliphatic hydroxyl groups is 1. The lowest BCUT2D eigenvalue weighted by atomic mass is 9.88. The average Bonchev–Trinajstić information content (AvgIpc) is 2.44. The van der Waals surface area contributed by atoms with Crippen molar-refractivity contribution in [2.24, 2.45) is 5.41 Å². The quantitative estimate of drug-likeness (QED) is 0.767. The first kappa shape index (κ1) is 14.6. The van der Waals surface area contributed by atoms with E-state index in [0.717, 1.165) is 45.7 Å². The number of hydrogen-bond acceptors (Lipinski definition) is 4. The summed E-state index contributed by atoms with van der Waals surface area (Å²) in [5.74, 6) is 0.258. The predicted molar refractivity (Wildman–Crippen MR) is 69.0 cm³/mol. The molecule has 0 aromatic carbocycles. The van der Waals surface area contributed by atoms with E-state index in [1.54, 1.807) is 6.92 Å². The van der Waals surface area contributed by atoms with Crippen LogP contribution in [0.3, 0.4) is 0 Å². The van der Waals surface area contributed by atoms with Crippen molar-refractivity contribution in [1.29, 1.82) is 0 Å². The first-order valence-corrected chi connectivity index (χ1v) is 6.52. The molecule has 0 aromatic rings. The Hall–Kier alpha value is -0.450. The van der Waals surface area contributed by atoms with E-state index < -0.39 is 0 Å². The highest BCUT2D eigenvalue weighted by Gasteiger charge is 2.27. The van der Waals surface area contributed by atoms with Gasteiger partial charge >= 0.3 is 0 Å². The molecule has 0 atom stereocenters. The van der Waals surface area contributed by atoms with Crippen molar-refractivity contribution >= 4 is 5.78 Å². The minimum Gasteiger partial charge on any atom is -0.395 e. The van der Waals surface area contributed by atoms with Crippen LogP contribution in [-0.2, 0) is 4.79 Å². The molecule has 4 heteroatoms. The number of carbonyl (C=O) groups is 1. The Morgan fingerprint density at radius 1 is 1.18 bits per heavy atom. The third kappa shape index (κ3) is 4.74. The molecule has 0 radical (unpaired) electrons. The molecular weight excluding hydrogens is 216 g/mol. The van der Waals surface area contributed by atoms with Gasteiger partial charge in [0.15, 0.2) is 0 Å². The molecular formula is C13H26N2O2. The highest BCUT2D eigenvalue weighted by molar-refractivity contribution is 5.81. The van der Waals surface area contributed by atoms with Gasteiger partial charge in [0, 0.05) is 31.6 Å².